The molecule has 1 amide bonds. The number of carbonyl (C=O) groups is 1. The lowest BCUT2D eigenvalue weighted by atomic mass is 10.1. The van der Waals surface area contributed by atoms with Crippen molar-refractivity contribution in [2.45, 2.75) is 30.7 Å². The van der Waals surface area contributed by atoms with Crippen molar-refractivity contribution in [2.24, 2.45) is 10.9 Å². The standard InChI is InChI=1S/C17H20N2O4S2/c1-23-13-6-2-11(3-7-13)8-19-14-9-25(21,22)10-15(14)24-17(19)18-16(20)12-4-5-12/h2-3,6-7,12,14-15H,4-5,8-10H2,1H3. The molecule has 0 radical (unpaired) electrons. The second-order valence-electron chi connectivity index (χ2n) is 6.78. The van der Waals surface area contributed by atoms with Gasteiger partial charge >= 0.3 is 0 Å². The van der Waals surface area contributed by atoms with Crippen molar-refractivity contribution in [1.29, 1.82) is 0 Å². The molecule has 0 aromatic heterocycles. The molecule has 3 fully saturated rings. The predicted molar refractivity (Wildman–Crippen MR) is 97.5 cm³/mol. The Morgan fingerprint density at radius 1 is 1.28 bits per heavy atom. The van der Waals surface area contributed by atoms with Crippen LogP contribution in [0, 0.1) is 5.92 Å². The van der Waals surface area contributed by atoms with Crippen molar-refractivity contribution in [1.82, 2.24) is 4.90 Å². The lowest BCUT2D eigenvalue weighted by Crippen LogP contribution is -2.37. The summed E-state index contributed by atoms with van der Waals surface area (Å²) in [5.74, 6) is 1.08. The normalized spacial score (nSPS) is 29.0. The number of hydrogen-bond acceptors (Lipinski definition) is 5. The van der Waals surface area contributed by atoms with E-state index in [0.717, 1.165) is 24.2 Å². The van der Waals surface area contributed by atoms with Gasteiger partial charge in [0, 0.05) is 17.7 Å². The lowest BCUT2D eigenvalue weighted by Gasteiger charge is -2.24. The number of nitrogens with zero attached hydrogens (tertiary/aromatic N) is 2. The molecule has 25 heavy (non-hydrogen) atoms. The fourth-order valence-corrected chi connectivity index (χ4v) is 7.22. The molecule has 2 aliphatic heterocycles. The maximum absolute atomic E-state index is 12.1. The number of fused-ring (bicyclic) bond motifs is 1. The fraction of sp³-hybridized carbons (Fsp3) is 0.529. The average Bonchev–Trinajstić information content (AvgIpc) is 3.32. The first kappa shape index (κ1) is 16.9. The highest BCUT2D eigenvalue weighted by molar-refractivity contribution is 8.15. The minimum atomic E-state index is -3.02. The van der Waals surface area contributed by atoms with E-state index >= 15 is 0 Å². The SMILES string of the molecule is COc1ccc(CN2C(=NC(=O)C3CC3)SC3CS(=O)(=O)CC32)cc1. The van der Waals surface area contributed by atoms with Gasteiger partial charge in [-0.15, -0.1) is 0 Å². The number of amides is 1. The number of thioether (sulfide) groups is 1. The smallest absolute Gasteiger partial charge is 0.251 e. The third-order valence-electron chi connectivity index (χ3n) is 4.82. The van der Waals surface area contributed by atoms with Crippen LogP contribution in [0.4, 0.5) is 0 Å². The maximum Gasteiger partial charge on any atom is 0.251 e. The van der Waals surface area contributed by atoms with Crippen molar-refractivity contribution in [3.63, 3.8) is 0 Å². The molecule has 2 saturated heterocycles. The molecule has 3 aliphatic rings. The van der Waals surface area contributed by atoms with Crippen molar-refractivity contribution < 1.29 is 17.9 Å². The van der Waals surface area contributed by atoms with E-state index in [9.17, 15) is 13.2 Å². The van der Waals surface area contributed by atoms with Gasteiger partial charge in [-0.1, -0.05) is 23.9 Å². The highest BCUT2D eigenvalue weighted by atomic mass is 32.2. The lowest BCUT2D eigenvalue weighted by molar-refractivity contribution is -0.118. The van der Waals surface area contributed by atoms with Gasteiger partial charge in [0.15, 0.2) is 15.0 Å². The van der Waals surface area contributed by atoms with Crippen LogP contribution in [-0.2, 0) is 21.2 Å². The van der Waals surface area contributed by atoms with Gasteiger partial charge < -0.3 is 9.64 Å². The van der Waals surface area contributed by atoms with Gasteiger partial charge in [0.2, 0.25) is 0 Å². The molecule has 8 heteroatoms. The van der Waals surface area contributed by atoms with Gasteiger partial charge in [-0.05, 0) is 30.5 Å². The van der Waals surface area contributed by atoms with Gasteiger partial charge in [-0.3, -0.25) is 4.79 Å². The van der Waals surface area contributed by atoms with E-state index in [-0.39, 0.29) is 34.6 Å². The zero-order chi connectivity index (χ0) is 17.6. The number of sulfone groups is 1. The summed E-state index contributed by atoms with van der Waals surface area (Å²) in [5, 5.41) is 0.645. The van der Waals surface area contributed by atoms with Gasteiger partial charge in [-0.2, -0.15) is 4.99 Å². The summed E-state index contributed by atoms with van der Waals surface area (Å²) in [6, 6.07) is 7.57. The second-order valence-corrected chi connectivity index (χ2v) is 10.1. The predicted octanol–water partition coefficient (Wildman–Crippen LogP) is 1.70. The van der Waals surface area contributed by atoms with E-state index in [4.69, 9.17) is 4.74 Å². The van der Waals surface area contributed by atoms with Crippen LogP contribution in [-0.4, -0.2) is 54.3 Å². The molecule has 4 rings (SSSR count). The van der Waals surface area contributed by atoms with Gasteiger partial charge in [0.1, 0.15) is 5.75 Å². The Hall–Kier alpha value is -1.54. The molecule has 0 bridgehead atoms. The molecule has 1 aliphatic carbocycles. The Bertz CT molecular complexity index is 816. The van der Waals surface area contributed by atoms with Gasteiger partial charge in [-0.25, -0.2) is 8.42 Å². The maximum atomic E-state index is 12.1. The van der Waals surface area contributed by atoms with Crippen LogP contribution < -0.4 is 4.74 Å². The number of rotatable bonds is 4. The number of aliphatic imine (C=N–C) groups is 1. The van der Waals surface area contributed by atoms with Crippen LogP contribution in [0.1, 0.15) is 18.4 Å². The van der Waals surface area contributed by atoms with Crippen molar-refractivity contribution >= 4 is 32.7 Å². The van der Waals surface area contributed by atoms with Gasteiger partial charge in [0.05, 0.1) is 24.7 Å². The second kappa shape index (κ2) is 6.32. The zero-order valence-electron chi connectivity index (χ0n) is 13.9. The van der Waals surface area contributed by atoms with Crippen LogP contribution in [0.15, 0.2) is 29.3 Å². The molecule has 6 nitrogen and oxygen atoms in total. The number of methoxy groups -OCH3 is 1. The van der Waals surface area contributed by atoms with E-state index in [1.165, 1.54) is 11.8 Å². The van der Waals surface area contributed by atoms with Crippen molar-refractivity contribution in [2.75, 3.05) is 18.6 Å². The average molecular weight is 380 g/mol. The first-order valence-corrected chi connectivity index (χ1v) is 11.0. The van der Waals surface area contributed by atoms with Crippen LogP contribution in [0.3, 0.4) is 0 Å². The summed E-state index contributed by atoms with van der Waals surface area (Å²) in [6.45, 7) is 0.546. The summed E-state index contributed by atoms with van der Waals surface area (Å²) >= 11 is 1.44. The monoisotopic (exact) mass is 380 g/mol. The van der Waals surface area contributed by atoms with E-state index in [1.54, 1.807) is 7.11 Å². The molecular weight excluding hydrogens is 360 g/mol. The first-order valence-electron chi connectivity index (χ1n) is 8.34. The molecule has 0 spiro atoms. The number of benzene rings is 1. The Morgan fingerprint density at radius 3 is 2.64 bits per heavy atom. The highest BCUT2D eigenvalue weighted by Gasteiger charge is 2.49. The Morgan fingerprint density at radius 2 is 2.00 bits per heavy atom. The van der Waals surface area contributed by atoms with E-state index < -0.39 is 9.84 Å². The summed E-state index contributed by atoms with van der Waals surface area (Å²) in [5.41, 5.74) is 1.04. The largest absolute Gasteiger partial charge is 0.497 e. The van der Waals surface area contributed by atoms with E-state index in [2.05, 4.69) is 4.99 Å². The molecule has 2 heterocycles. The minimum Gasteiger partial charge on any atom is -0.497 e. The molecule has 2 unspecified atom stereocenters. The van der Waals surface area contributed by atoms with E-state index in [1.807, 2.05) is 29.2 Å². The fourth-order valence-electron chi connectivity index (χ4n) is 3.26. The quantitative estimate of drug-likeness (QED) is 0.791. The third kappa shape index (κ3) is 3.55. The van der Waals surface area contributed by atoms with Crippen molar-refractivity contribution in [3.8, 4) is 5.75 Å². The van der Waals surface area contributed by atoms with Gasteiger partial charge in [0.25, 0.3) is 5.91 Å². The summed E-state index contributed by atoms with van der Waals surface area (Å²) in [4.78, 5) is 18.5. The molecule has 0 N–H and O–H groups in total. The first-order chi connectivity index (χ1) is 11.9. The summed E-state index contributed by atoms with van der Waals surface area (Å²) in [7, 11) is -1.40. The Balaban J connectivity index is 1.59. The molecule has 1 aromatic rings. The molecule has 1 saturated carbocycles. The zero-order valence-corrected chi connectivity index (χ0v) is 15.6. The number of carbonyl (C=O) groups excluding carboxylic acids is 1. The number of hydrogen-bond donors (Lipinski definition) is 0. The number of amidine groups is 1. The van der Waals surface area contributed by atoms with Crippen LogP contribution >= 0.6 is 11.8 Å². The van der Waals surface area contributed by atoms with Crippen LogP contribution in [0.2, 0.25) is 0 Å². The Labute approximate surface area is 151 Å². The molecular formula is C17H20N2O4S2. The van der Waals surface area contributed by atoms with Crippen molar-refractivity contribution in [3.05, 3.63) is 29.8 Å². The number of ether oxygens (including phenoxy) is 1. The highest BCUT2D eigenvalue weighted by Crippen LogP contribution is 2.40. The topological polar surface area (TPSA) is 76.0 Å². The van der Waals surface area contributed by atoms with Crippen LogP contribution in [0.5, 0.6) is 5.75 Å². The molecule has 2 atom stereocenters. The minimum absolute atomic E-state index is 0.0333. The third-order valence-corrected chi connectivity index (χ3v) is 8.07. The van der Waals surface area contributed by atoms with E-state index in [0.29, 0.717) is 11.7 Å². The summed E-state index contributed by atoms with van der Waals surface area (Å²) < 4.78 is 29.2. The molecule has 1 aromatic carbocycles. The summed E-state index contributed by atoms with van der Waals surface area (Å²) in [6.07, 6.45) is 1.83. The van der Waals surface area contributed by atoms with Crippen LogP contribution in [0.25, 0.3) is 0 Å². The Kier molecular flexibility index (Phi) is 4.27. The molecule has 134 valence electrons.